The van der Waals surface area contributed by atoms with Crippen molar-refractivity contribution in [3.8, 4) is 11.5 Å². The summed E-state index contributed by atoms with van der Waals surface area (Å²) in [4.78, 5) is 50.3. The smallest absolute Gasteiger partial charge is 0.336 e. The van der Waals surface area contributed by atoms with Gasteiger partial charge in [-0.2, -0.15) is 5.10 Å². The number of hydrazone groups is 1. The fraction of sp³-hybridized carbons (Fsp3) is 0.0250. The van der Waals surface area contributed by atoms with Gasteiger partial charge in [0.2, 0.25) is 0 Å². The van der Waals surface area contributed by atoms with Gasteiger partial charge in [0.05, 0.1) is 6.21 Å². The number of aryl methyl sites for hydroxylation is 1. The molecule has 5 aromatic carbocycles. The molecular weight excluding hydrogens is 618 g/mol. The first kappa shape index (κ1) is 33.5. The van der Waals surface area contributed by atoms with E-state index in [1.807, 2.05) is 49.4 Å². The Morgan fingerprint density at radius 3 is 1.90 bits per heavy atom. The molecule has 0 aliphatic rings. The minimum atomic E-state index is -0.676. The van der Waals surface area contributed by atoms with Crippen LogP contribution in [0.1, 0.15) is 43.0 Å². The first-order valence-corrected chi connectivity index (χ1v) is 15.2. The lowest BCUT2D eigenvalue weighted by atomic mass is 10.1. The van der Waals surface area contributed by atoms with Crippen LogP contribution in [0.4, 0.5) is 5.69 Å². The van der Waals surface area contributed by atoms with Gasteiger partial charge in [-0.15, -0.1) is 0 Å². The minimum absolute atomic E-state index is 0.217. The van der Waals surface area contributed by atoms with E-state index in [1.165, 1.54) is 24.4 Å². The Balaban J connectivity index is 1.15. The first-order chi connectivity index (χ1) is 23.8. The molecule has 242 valence electrons. The molecule has 0 spiro atoms. The molecule has 0 saturated heterocycles. The molecule has 0 aromatic heterocycles. The second-order valence-corrected chi connectivity index (χ2v) is 10.6. The molecular formula is C40H31N3O6. The number of carbonyl (C=O) groups is 4. The molecule has 2 N–H and O–H groups in total. The van der Waals surface area contributed by atoms with Crippen LogP contribution in [-0.4, -0.2) is 30.0 Å². The van der Waals surface area contributed by atoms with Gasteiger partial charge in [-0.05, 0) is 79.2 Å². The molecule has 0 heterocycles. The number of hydrogen-bond donors (Lipinski definition) is 2. The van der Waals surface area contributed by atoms with Gasteiger partial charge in [0.15, 0.2) is 0 Å². The number of ether oxygens (including phenoxy) is 2. The van der Waals surface area contributed by atoms with E-state index < -0.39 is 17.8 Å². The average molecular weight is 650 g/mol. The largest absolute Gasteiger partial charge is 0.423 e. The zero-order chi connectivity index (χ0) is 34.4. The Morgan fingerprint density at radius 2 is 1.20 bits per heavy atom. The molecule has 49 heavy (non-hydrogen) atoms. The van der Waals surface area contributed by atoms with Crippen LogP contribution in [0.25, 0.3) is 12.2 Å². The highest BCUT2D eigenvalue weighted by Crippen LogP contribution is 2.21. The van der Waals surface area contributed by atoms with Gasteiger partial charge in [-0.3, -0.25) is 9.59 Å². The van der Waals surface area contributed by atoms with Crippen LogP contribution in [0.2, 0.25) is 0 Å². The Kier molecular flexibility index (Phi) is 11.4. The molecule has 0 radical (unpaired) electrons. The van der Waals surface area contributed by atoms with Gasteiger partial charge >= 0.3 is 11.9 Å². The third kappa shape index (κ3) is 10.1. The molecule has 0 aliphatic heterocycles. The Labute approximate surface area is 283 Å². The molecule has 5 rings (SSSR count). The highest BCUT2D eigenvalue weighted by molar-refractivity contribution is 6.04. The molecule has 2 amide bonds. The van der Waals surface area contributed by atoms with E-state index in [-0.39, 0.29) is 17.4 Å². The number of hydrogen-bond acceptors (Lipinski definition) is 7. The standard InChI is InChI=1S/C40H31N3O6/c1-28-10-9-15-32(26-28)39(46)42-34-22-19-31(20-23-34)40(47)43-41-27-33-14-6-8-17-36(33)49-38(45)25-21-30-13-5-7-16-35(30)48-37(44)24-18-29-11-3-2-4-12-29/h2-27H,1H3,(H,42,46)(H,43,47)/b24-18+,25-21+,41-27+. The maximum absolute atomic E-state index is 12.7. The number of carbonyl (C=O) groups excluding carboxylic acids is 4. The SMILES string of the molecule is Cc1cccc(C(=O)Nc2ccc(C(=O)N/N=C/c3ccccc3OC(=O)/C=C/c3ccccc3OC(=O)/C=C/c3ccccc3)cc2)c1. The van der Waals surface area contributed by atoms with Gasteiger partial charge in [0, 0.05) is 40.1 Å². The third-order valence-corrected chi connectivity index (χ3v) is 6.92. The highest BCUT2D eigenvalue weighted by atomic mass is 16.5. The van der Waals surface area contributed by atoms with E-state index >= 15 is 0 Å². The lowest BCUT2D eigenvalue weighted by molar-refractivity contribution is -0.129. The summed E-state index contributed by atoms with van der Waals surface area (Å²) in [7, 11) is 0. The van der Waals surface area contributed by atoms with Crippen LogP contribution in [0.5, 0.6) is 11.5 Å². The molecule has 9 nitrogen and oxygen atoms in total. The quantitative estimate of drug-likeness (QED) is 0.0511. The second kappa shape index (κ2) is 16.6. The number of rotatable bonds is 11. The monoisotopic (exact) mass is 649 g/mol. The Hall–Kier alpha value is -6.87. The summed E-state index contributed by atoms with van der Waals surface area (Å²) in [5.41, 5.74) is 6.63. The zero-order valence-electron chi connectivity index (χ0n) is 26.4. The van der Waals surface area contributed by atoms with E-state index in [4.69, 9.17) is 9.47 Å². The number of nitrogens with zero attached hydrogens (tertiary/aromatic N) is 1. The number of esters is 2. The average Bonchev–Trinajstić information content (AvgIpc) is 3.12. The van der Waals surface area contributed by atoms with Gasteiger partial charge in [-0.25, -0.2) is 15.0 Å². The Bertz CT molecular complexity index is 2050. The fourth-order valence-corrected chi connectivity index (χ4v) is 4.48. The van der Waals surface area contributed by atoms with Gasteiger partial charge in [0.25, 0.3) is 11.8 Å². The minimum Gasteiger partial charge on any atom is -0.423 e. The molecule has 0 fully saturated rings. The zero-order valence-corrected chi connectivity index (χ0v) is 26.4. The maximum atomic E-state index is 12.7. The van der Waals surface area contributed by atoms with Crippen LogP contribution >= 0.6 is 0 Å². The third-order valence-electron chi connectivity index (χ3n) is 6.92. The van der Waals surface area contributed by atoms with Crippen LogP contribution in [-0.2, 0) is 9.59 Å². The van der Waals surface area contributed by atoms with E-state index in [2.05, 4.69) is 15.8 Å². The molecule has 0 bridgehead atoms. The van der Waals surface area contributed by atoms with Crippen molar-refractivity contribution in [3.05, 3.63) is 173 Å². The Morgan fingerprint density at radius 1 is 0.592 bits per heavy atom. The number of para-hydroxylation sites is 2. The van der Waals surface area contributed by atoms with Crippen LogP contribution in [0, 0.1) is 6.92 Å². The number of amides is 2. The highest BCUT2D eigenvalue weighted by Gasteiger charge is 2.10. The van der Waals surface area contributed by atoms with Gasteiger partial charge in [0.1, 0.15) is 11.5 Å². The fourth-order valence-electron chi connectivity index (χ4n) is 4.48. The summed E-state index contributed by atoms with van der Waals surface area (Å²) in [6.07, 6.45) is 7.05. The van der Waals surface area contributed by atoms with Crippen molar-refractivity contribution < 1.29 is 28.7 Å². The molecule has 9 heteroatoms. The number of benzene rings is 5. The number of anilines is 1. The predicted octanol–water partition coefficient (Wildman–Crippen LogP) is 7.25. The molecule has 0 aliphatic carbocycles. The van der Waals surface area contributed by atoms with Crippen molar-refractivity contribution in [3.63, 3.8) is 0 Å². The molecule has 5 aromatic rings. The summed E-state index contributed by atoms with van der Waals surface area (Å²) < 4.78 is 11.0. The van der Waals surface area contributed by atoms with E-state index in [9.17, 15) is 19.2 Å². The van der Waals surface area contributed by atoms with E-state index in [1.54, 1.807) is 91.0 Å². The molecule has 0 saturated carbocycles. The maximum Gasteiger partial charge on any atom is 0.336 e. The molecule has 0 atom stereocenters. The second-order valence-electron chi connectivity index (χ2n) is 10.6. The number of nitrogens with one attached hydrogen (secondary N) is 2. The van der Waals surface area contributed by atoms with Crippen LogP contribution < -0.4 is 20.2 Å². The van der Waals surface area contributed by atoms with Crippen molar-refractivity contribution >= 4 is 47.8 Å². The van der Waals surface area contributed by atoms with Crippen molar-refractivity contribution in [2.24, 2.45) is 5.10 Å². The summed E-state index contributed by atoms with van der Waals surface area (Å²) in [5.74, 6) is -1.47. The predicted molar refractivity (Wildman–Crippen MR) is 189 cm³/mol. The summed E-state index contributed by atoms with van der Waals surface area (Å²) in [5, 5.41) is 6.82. The van der Waals surface area contributed by atoms with Gasteiger partial charge < -0.3 is 14.8 Å². The first-order valence-electron chi connectivity index (χ1n) is 15.2. The van der Waals surface area contributed by atoms with Crippen molar-refractivity contribution in [1.82, 2.24) is 5.43 Å². The van der Waals surface area contributed by atoms with E-state index in [0.717, 1.165) is 11.1 Å². The summed E-state index contributed by atoms with van der Waals surface area (Å²) in [6, 6.07) is 36.5. The lowest BCUT2D eigenvalue weighted by Crippen LogP contribution is -2.18. The topological polar surface area (TPSA) is 123 Å². The van der Waals surface area contributed by atoms with E-state index in [0.29, 0.717) is 27.9 Å². The van der Waals surface area contributed by atoms with Crippen molar-refractivity contribution in [1.29, 1.82) is 0 Å². The van der Waals surface area contributed by atoms with Gasteiger partial charge in [-0.1, -0.05) is 78.4 Å². The van der Waals surface area contributed by atoms with Crippen molar-refractivity contribution in [2.45, 2.75) is 6.92 Å². The van der Waals surface area contributed by atoms with Crippen LogP contribution in [0.3, 0.4) is 0 Å². The molecule has 0 unspecified atom stereocenters. The lowest BCUT2D eigenvalue weighted by Gasteiger charge is -2.07. The van der Waals surface area contributed by atoms with Crippen LogP contribution in [0.15, 0.2) is 145 Å². The summed E-state index contributed by atoms with van der Waals surface area (Å²) >= 11 is 0. The van der Waals surface area contributed by atoms with Crippen molar-refractivity contribution in [2.75, 3.05) is 5.32 Å². The summed E-state index contributed by atoms with van der Waals surface area (Å²) in [6.45, 7) is 1.91. The normalized spacial score (nSPS) is 11.0.